The predicted octanol–water partition coefficient (Wildman–Crippen LogP) is 2.70. The molecule has 0 amide bonds. The Morgan fingerprint density at radius 1 is 1.21 bits per heavy atom. The van der Waals surface area contributed by atoms with Crippen molar-refractivity contribution in [3.63, 3.8) is 0 Å². The zero-order valence-electron chi connectivity index (χ0n) is 13.9. The van der Waals surface area contributed by atoms with Crippen molar-refractivity contribution in [3.8, 4) is 5.69 Å². The van der Waals surface area contributed by atoms with Crippen LogP contribution < -0.4 is 0 Å². The van der Waals surface area contributed by atoms with Gasteiger partial charge in [0.1, 0.15) is 18.3 Å². The molecule has 0 aliphatic heterocycles. The number of carbonyl (C=O) groups is 1. The Kier molecular flexibility index (Phi) is 5.59. The number of hydrogen-bond donors (Lipinski definition) is 0. The molecular weight excluding hydrogens is 306 g/mol. The maximum atomic E-state index is 12.2. The van der Waals surface area contributed by atoms with Gasteiger partial charge in [-0.2, -0.15) is 0 Å². The van der Waals surface area contributed by atoms with Crippen LogP contribution in [0.2, 0.25) is 0 Å². The van der Waals surface area contributed by atoms with Gasteiger partial charge in [-0.3, -0.25) is 9.36 Å². The lowest BCUT2D eigenvalue weighted by Crippen LogP contribution is -2.35. The summed E-state index contributed by atoms with van der Waals surface area (Å²) in [5.41, 5.74) is 0.984. The molecule has 1 aromatic carbocycles. The molecular formula is C18H23N3O3. The Bertz CT molecular complexity index is 657. The Labute approximate surface area is 141 Å². The Morgan fingerprint density at radius 3 is 2.71 bits per heavy atom. The van der Waals surface area contributed by atoms with Gasteiger partial charge >= 0.3 is 5.97 Å². The van der Waals surface area contributed by atoms with E-state index in [0.717, 1.165) is 37.2 Å². The highest BCUT2D eigenvalue weighted by Gasteiger charge is 2.28. The molecule has 1 heterocycles. The second kappa shape index (κ2) is 8.06. The van der Waals surface area contributed by atoms with E-state index in [-0.39, 0.29) is 18.2 Å². The van der Waals surface area contributed by atoms with Crippen LogP contribution in [-0.4, -0.2) is 40.1 Å². The van der Waals surface area contributed by atoms with Crippen LogP contribution in [0.25, 0.3) is 5.69 Å². The average molecular weight is 329 g/mol. The Hall–Kier alpha value is -2.21. The van der Waals surface area contributed by atoms with Gasteiger partial charge in [0.2, 0.25) is 0 Å². The normalized spacial score (nSPS) is 20.7. The van der Waals surface area contributed by atoms with Crippen molar-refractivity contribution < 1.29 is 14.3 Å². The predicted molar refractivity (Wildman–Crippen MR) is 88.8 cm³/mol. The van der Waals surface area contributed by atoms with Crippen LogP contribution in [0.1, 0.15) is 37.9 Å². The lowest BCUT2D eigenvalue weighted by Gasteiger charge is -2.29. The maximum absolute atomic E-state index is 12.2. The molecule has 0 N–H and O–H groups in total. The summed E-state index contributed by atoms with van der Waals surface area (Å²) >= 11 is 0. The molecule has 2 atom stereocenters. The van der Waals surface area contributed by atoms with Gasteiger partial charge in [-0.1, -0.05) is 24.6 Å². The highest BCUT2D eigenvalue weighted by atomic mass is 16.6. The quantitative estimate of drug-likeness (QED) is 0.762. The molecule has 2 aromatic rings. The highest BCUT2D eigenvalue weighted by molar-refractivity contribution is 5.69. The van der Waals surface area contributed by atoms with Crippen molar-refractivity contribution in [1.82, 2.24) is 14.8 Å². The Morgan fingerprint density at radius 2 is 1.96 bits per heavy atom. The molecule has 128 valence electrons. The number of esters is 1. The first-order valence-corrected chi connectivity index (χ1v) is 8.44. The maximum Gasteiger partial charge on any atom is 0.306 e. The number of rotatable bonds is 6. The molecule has 1 aromatic heterocycles. The van der Waals surface area contributed by atoms with Crippen LogP contribution in [0.15, 0.2) is 36.7 Å². The van der Waals surface area contributed by atoms with Crippen molar-refractivity contribution in [2.45, 2.75) is 50.7 Å². The van der Waals surface area contributed by atoms with Gasteiger partial charge in [0, 0.05) is 19.2 Å². The van der Waals surface area contributed by atoms with Gasteiger partial charge in [0.05, 0.1) is 12.5 Å². The molecule has 1 aliphatic carbocycles. The second-order valence-corrected chi connectivity index (χ2v) is 6.04. The van der Waals surface area contributed by atoms with Gasteiger partial charge in [-0.15, -0.1) is 10.2 Å². The summed E-state index contributed by atoms with van der Waals surface area (Å²) in [5.74, 6) is 0.552. The molecule has 6 nitrogen and oxygen atoms in total. The number of nitrogens with zero attached hydrogens (tertiary/aromatic N) is 3. The fourth-order valence-electron chi connectivity index (χ4n) is 3.14. The summed E-state index contributed by atoms with van der Waals surface area (Å²) in [6.07, 6.45) is 6.40. The van der Waals surface area contributed by atoms with Crippen LogP contribution in [0, 0.1) is 0 Å². The molecule has 0 saturated heterocycles. The molecule has 1 fully saturated rings. The van der Waals surface area contributed by atoms with Crippen LogP contribution in [0.3, 0.4) is 0 Å². The minimum Gasteiger partial charge on any atom is -0.460 e. The van der Waals surface area contributed by atoms with Crippen molar-refractivity contribution in [2.75, 3.05) is 7.11 Å². The second-order valence-electron chi connectivity index (χ2n) is 6.04. The number of hydrogen-bond acceptors (Lipinski definition) is 5. The topological polar surface area (TPSA) is 66.2 Å². The molecule has 0 spiro atoms. The number of aryl methyl sites for hydroxylation is 1. The first-order valence-electron chi connectivity index (χ1n) is 8.44. The summed E-state index contributed by atoms with van der Waals surface area (Å²) in [5, 5.41) is 8.08. The first kappa shape index (κ1) is 16.6. The monoisotopic (exact) mass is 329 g/mol. The number of benzene rings is 1. The van der Waals surface area contributed by atoms with Crippen molar-refractivity contribution in [3.05, 3.63) is 42.5 Å². The zero-order valence-corrected chi connectivity index (χ0v) is 13.9. The third-order valence-electron chi connectivity index (χ3n) is 4.43. The average Bonchev–Trinajstić information content (AvgIpc) is 3.10. The number of carbonyl (C=O) groups excluding carboxylic acids is 1. The minimum absolute atomic E-state index is 0.0238. The fraction of sp³-hybridized carbons (Fsp3) is 0.500. The summed E-state index contributed by atoms with van der Waals surface area (Å²) in [6, 6.07) is 9.84. The summed E-state index contributed by atoms with van der Waals surface area (Å²) in [4.78, 5) is 12.2. The third kappa shape index (κ3) is 4.00. The summed E-state index contributed by atoms with van der Waals surface area (Å²) in [7, 11) is 1.68. The summed E-state index contributed by atoms with van der Waals surface area (Å²) in [6.45, 7) is 0. The molecule has 0 bridgehead atoms. The molecule has 1 saturated carbocycles. The van der Waals surface area contributed by atoms with E-state index < -0.39 is 0 Å². The van der Waals surface area contributed by atoms with Gasteiger partial charge in [-0.05, 0) is 31.4 Å². The smallest absolute Gasteiger partial charge is 0.306 e. The van der Waals surface area contributed by atoms with Gasteiger partial charge in [0.15, 0.2) is 0 Å². The van der Waals surface area contributed by atoms with Crippen LogP contribution in [0.5, 0.6) is 0 Å². The molecule has 24 heavy (non-hydrogen) atoms. The van der Waals surface area contributed by atoms with E-state index in [0.29, 0.717) is 12.8 Å². The van der Waals surface area contributed by atoms with E-state index in [4.69, 9.17) is 9.47 Å². The number of methoxy groups -OCH3 is 1. The number of para-hydroxylation sites is 1. The van der Waals surface area contributed by atoms with E-state index in [1.165, 1.54) is 0 Å². The van der Waals surface area contributed by atoms with Gasteiger partial charge in [-0.25, -0.2) is 0 Å². The van der Waals surface area contributed by atoms with E-state index in [1.807, 2.05) is 34.9 Å². The number of ether oxygens (including phenoxy) is 2. The molecule has 3 rings (SSSR count). The minimum atomic E-state index is -0.202. The SMILES string of the molecule is CO[C@H]1CCCC[C@H]1OC(=O)CCc1nncn1-c1ccccc1. The van der Waals surface area contributed by atoms with Crippen LogP contribution >= 0.6 is 0 Å². The van der Waals surface area contributed by atoms with E-state index in [1.54, 1.807) is 13.4 Å². The number of aromatic nitrogens is 3. The van der Waals surface area contributed by atoms with Crippen molar-refractivity contribution in [1.29, 1.82) is 0 Å². The first-order chi connectivity index (χ1) is 11.8. The molecule has 0 radical (unpaired) electrons. The lowest BCUT2D eigenvalue weighted by atomic mass is 9.94. The van der Waals surface area contributed by atoms with Crippen molar-refractivity contribution >= 4 is 5.97 Å². The van der Waals surface area contributed by atoms with E-state index in [2.05, 4.69) is 10.2 Å². The van der Waals surface area contributed by atoms with Crippen LogP contribution in [-0.2, 0) is 20.7 Å². The van der Waals surface area contributed by atoms with Gasteiger partial charge < -0.3 is 9.47 Å². The zero-order chi connectivity index (χ0) is 16.8. The molecule has 6 heteroatoms. The standard InChI is InChI=1S/C18H23N3O3/c1-23-15-9-5-6-10-16(15)24-18(22)12-11-17-20-19-13-21(17)14-7-3-2-4-8-14/h2-4,7-8,13,15-16H,5-6,9-12H2,1H3/t15-,16+/m0/s1. The Balaban J connectivity index is 1.56. The van der Waals surface area contributed by atoms with E-state index in [9.17, 15) is 4.79 Å². The largest absolute Gasteiger partial charge is 0.460 e. The lowest BCUT2D eigenvalue weighted by molar-refractivity contribution is -0.159. The van der Waals surface area contributed by atoms with Crippen LogP contribution in [0.4, 0.5) is 0 Å². The van der Waals surface area contributed by atoms with Gasteiger partial charge in [0.25, 0.3) is 0 Å². The third-order valence-corrected chi connectivity index (χ3v) is 4.43. The van der Waals surface area contributed by atoms with E-state index >= 15 is 0 Å². The molecule has 0 unspecified atom stereocenters. The van der Waals surface area contributed by atoms with Crippen molar-refractivity contribution in [2.24, 2.45) is 0 Å². The molecule has 1 aliphatic rings. The highest BCUT2D eigenvalue weighted by Crippen LogP contribution is 2.24. The fourth-order valence-corrected chi connectivity index (χ4v) is 3.14. The summed E-state index contributed by atoms with van der Waals surface area (Å²) < 4.78 is 12.9.